The summed E-state index contributed by atoms with van der Waals surface area (Å²) in [6.45, 7) is 2.43. The van der Waals surface area contributed by atoms with Gasteiger partial charge in [0.15, 0.2) is 0 Å². The third-order valence-electron chi connectivity index (χ3n) is 2.00. The van der Waals surface area contributed by atoms with Gasteiger partial charge in [-0.1, -0.05) is 11.6 Å². The molecule has 1 aromatic heterocycles. The Morgan fingerprint density at radius 1 is 1.53 bits per heavy atom. The highest BCUT2D eigenvalue weighted by Crippen LogP contribution is 2.01. The fraction of sp³-hybridized carbons (Fsp3) is 0.556. The summed E-state index contributed by atoms with van der Waals surface area (Å²) in [7, 11) is 3.76. The van der Waals surface area contributed by atoms with E-state index < -0.39 is 5.69 Å². The average Bonchev–Trinajstić information content (AvgIpc) is 1.99. The first-order valence-corrected chi connectivity index (χ1v) is 4.95. The summed E-state index contributed by atoms with van der Waals surface area (Å²) in [5, 5.41) is 0.0679. The monoisotopic (exact) mass is 231 g/mol. The molecule has 84 valence electrons. The standard InChI is InChI=1S/C9H14ClN3O2/c1-6(5-12(2)3)13-8(14)4-7(10)11-9(13)15/h4,6H,5H2,1-3H3,(H,11,15). The van der Waals surface area contributed by atoms with Crippen LogP contribution in [0.4, 0.5) is 0 Å². The van der Waals surface area contributed by atoms with E-state index in [0.717, 1.165) is 4.57 Å². The molecular formula is C9H14ClN3O2. The highest BCUT2D eigenvalue weighted by atomic mass is 35.5. The zero-order chi connectivity index (χ0) is 11.6. The second-order valence-electron chi connectivity index (χ2n) is 3.74. The number of nitrogens with zero attached hydrogens (tertiary/aromatic N) is 2. The Balaban J connectivity index is 3.15. The zero-order valence-corrected chi connectivity index (χ0v) is 9.71. The molecule has 6 heteroatoms. The normalized spacial score (nSPS) is 13.1. The summed E-state index contributed by atoms with van der Waals surface area (Å²) in [6.07, 6.45) is 0. The molecule has 0 aliphatic carbocycles. The van der Waals surface area contributed by atoms with Crippen molar-refractivity contribution in [3.63, 3.8) is 0 Å². The van der Waals surface area contributed by atoms with Crippen LogP contribution in [-0.2, 0) is 0 Å². The maximum atomic E-state index is 11.5. The topological polar surface area (TPSA) is 58.1 Å². The zero-order valence-electron chi connectivity index (χ0n) is 8.95. The van der Waals surface area contributed by atoms with Crippen LogP contribution in [0.1, 0.15) is 13.0 Å². The molecule has 0 aromatic carbocycles. The van der Waals surface area contributed by atoms with Crippen LogP contribution in [0, 0.1) is 0 Å². The summed E-state index contributed by atoms with van der Waals surface area (Å²) in [5.41, 5.74) is -0.847. The van der Waals surface area contributed by atoms with Gasteiger partial charge in [-0.05, 0) is 21.0 Å². The molecule has 1 aromatic rings. The molecule has 0 fully saturated rings. The number of hydrogen-bond donors (Lipinski definition) is 1. The summed E-state index contributed by atoms with van der Waals surface area (Å²) >= 11 is 5.55. The van der Waals surface area contributed by atoms with Crippen LogP contribution in [0.2, 0.25) is 5.15 Å². The molecule has 1 N–H and O–H groups in total. The summed E-state index contributed by atoms with van der Waals surface area (Å²) in [6, 6.07) is 1.02. The molecule has 1 atom stereocenters. The highest BCUT2D eigenvalue weighted by molar-refractivity contribution is 6.29. The van der Waals surface area contributed by atoms with Crippen LogP contribution in [-0.4, -0.2) is 35.1 Å². The highest BCUT2D eigenvalue weighted by Gasteiger charge is 2.11. The van der Waals surface area contributed by atoms with Crippen LogP contribution in [0.25, 0.3) is 0 Å². The molecule has 0 saturated heterocycles. The van der Waals surface area contributed by atoms with Crippen LogP contribution in [0.5, 0.6) is 0 Å². The number of rotatable bonds is 3. The van der Waals surface area contributed by atoms with E-state index in [9.17, 15) is 9.59 Å². The molecule has 0 aliphatic rings. The molecule has 0 bridgehead atoms. The second-order valence-corrected chi connectivity index (χ2v) is 4.15. The molecule has 0 aliphatic heterocycles. The van der Waals surface area contributed by atoms with Crippen LogP contribution >= 0.6 is 11.6 Å². The number of aromatic amines is 1. The van der Waals surface area contributed by atoms with E-state index in [4.69, 9.17) is 11.6 Å². The van der Waals surface area contributed by atoms with Crippen molar-refractivity contribution in [2.75, 3.05) is 20.6 Å². The number of aromatic nitrogens is 2. The summed E-state index contributed by atoms with van der Waals surface area (Å²) in [4.78, 5) is 27.3. The number of halogens is 1. The average molecular weight is 232 g/mol. The van der Waals surface area contributed by atoms with Gasteiger partial charge in [0.2, 0.25) is 0 Å². The van der Waals surface area contributed by atoms with Crippen LogP contribution in [0.3, 0.4) is 0 Å². The molecule has 5 nitrogen and oxygen atoms in total. The lowest BCUT2D eigenvalue weighted by Gasteiger charge is -2.18. The van der Waals surface area contributed by atoms with Gasteiger partial charge in [0.25, 0.3) is 5.56 Å². The van der Waals surface area contributed by atoms with E-state index in [1.165, 1.54) is 6.07 Å². The Morgan fingerprint density at radius 3 is 2.60 bits per heavy atom. The van der Waals surface area contributed by atoms with Gasteiger partial charge in [-0.25, -0.2) is 4.79 Å². The second kappa shape index (κ2) is 4.63. The number of hydrogen-bond acceptors (Lipinski definition) is 3. The predicted octanol–water partition coefficient (Wildman–Crippen LogP) is 0.313. The molecule has 0 saturated carbocycles. The van der Waals surface area contributed by atoms with E-state index in [-0.39, 0.29) is 16.8 Å². The third-order valence-corrected chi connectivity index (χ3v) is 2.21. The predicted molar refractivity (Wildman–Crippen MR) is 59.6 cm³/mol. The first-order chi connectivity index (χ1) is 6.91. The van der Waals surface area contributed by atoms with E-state index >= 15 is 0 Å². The first kappa shape index (κ1) is 12.0. The van der Waals surface area contributed by atoms with Gasteiger partial charge in [-0.2, -0.15) is 0 Å². The van der Waals surface area contributed by atoms with Gasteiger partial charge in [-0.15, -0.1) is 0 Å². The van der Waals surface area contributed by atoms with Crippen molar-refractivity contribution in [3.8, 4) is 0 Å². The Labute approximate surface area is 92.3 Å². The molecule has 0 amide bonds. The van der Waals surface area contributed by atoms with E-state index in [2.05, 4.69) is 4.98 Å². The molecule has 1 heterocycles. The lowest BCUT2D eigenvalue weighted by Crippen LogP contribution is -2.39. The molecule has 15 heavy (non-hydrogen) atoms. The van der Waals surface area contributed by atoms with Gasteiger partial charge in [0.1, 0.15) is 5.15 Å². The Hall–Kier alpha value is -1.07. The van der Waals surface area contributed by atoms with Gasteiger partial charge in [0.05, 0.1) is 6.04 Å². The molecule has 0 radical (unpaired) electrons. The Bertz CT molecular complexity index is 418. The minimum Gasteiger partial charge on any atom is -0.307 e. The molecule has 0 spiro atoms. The van der Waals surface area contributed by atoms with Crippen LogP contribution in [0.15, 0.2) is 15.7 Å². The SMILES string of the molecule is CC(CN(C)C)n1c(=O)cc(Cl)[nH]c1=O. The lowest BCUT2D eigenvalue weighted by molar-refractivity contribution is 0.326. The van der Waals surface area contributed by atoms with Crippen molar-refractivity contribution < 1.29 is 0 Å². The first-order valence-electron chi connectivity index (χ1n) is 4.58. The molecule has 1 rings (SSSR count). The fourth-order valence-electron chi connectivity index (χ4n) is 1.50. The molecule has 1 unspecified atom stereocenters. The van der Waals surface area contributed by atoms with Crippen molar-refractivity contribution in [2.45, 2.75) is 13.0 Å². The van der Waals surface area contributed by atoms with Crippen molar-refractivity contribution in [1.82, 2.24) is 14.5 Å². The van der Waals surface area contributed by atoms with Crippen molar-refractivity contribution in [2.24, 2.45) is 0 Å². The van der Waals surface area contributed by atoms with Crippen molar-refractivity contribution >= 4 is 11.6 Å². The quantitative estimate of drug-likeness (QED) is 0.762. The van der Waals surface area contributed by atoms with E-state index in [1.54, 1.807) is 0 Å². The van der Waals surface area contributed by atoms with Crippen molar-refractivity contribution in [3.05, 3.63) is 32.1 Å². The van der Waals surface area contributed by atoms with Gasteiger partial charge >= 0.3 is 5.69 Å². The maximum Gasteiger partial charge on any atom is 0.329 e. The number of likely N-dealkylation sites (N-methyl/N-ethyl adjacent to an activating group) is 1. The Morgan fingerprint density at radius 2 is 2.13 bits per heavy atom. The summed E-state index contributed by atoms with van der Waals surface area (Å²) < 4.78 is 1.16. The minimum atomic E-state index is -0.471. The smallest absolute Gasteiger partial charge is 0.307 e. The summed E-state index contributed by atoms with van der Waals surface area (Å²) in [5.74, 6) is 0. The van der Waals surface area contributed by atoms with Gasteiger partial charge in [-0.3, -0.25) is 14.3 Å². The minimum absolute atomic E-state index is 0.0679. The number of nitrogens with one attached hydrogen (secondary N) is 1. The lowest BCUT2D eigenvalue weighted by atomic mass is 10.3. The van der Waals surface area contributed by atoms with Crippen LogP contribution < -0.4 is 11.2 Å². The third kappa shape index (κ3) is 2.94. The largest absolute Gasteiger partial charge is 0.329 e. The van der Waals surface area contributed by atoms with Crippen molar-refractivity contribution in [1.29, 1.82) is 0 Å². The Kier molecular flexibility index (Phi) is 3.71. The van der Waals surface area contributed by atoms with Gasteiger partial charge < -0.3 is 4.90 Å². The van der Waals surface area contributed by atoms with E-state index in [1.807, 2.05) is 25.9 Å². The van der Waals surface area contributed by atoms with Gasteiger partial charge in [0, 0.05) is 12.6 Å². The maximum absolute atomic E-state index is 11.5. The fourth-order valence-corrected chi connectivity index (χ4v) is 1.68. The van der Waals surface area contributed by atoms with E-state index in [0.29, 0.717) is 6.54 Å². The molecular weight excluding hydrogens is 218 g/mol. The number of H-pyrrole nitrogens is 1.